The van der Waals surface area contributed by atoms with Crippen molar-refractivity contribution in [1.82, 2.24) is 81.5 Å². The fraction of sp³-hybridized carbons (Fsp3) is 0.576. The molecule has 0 radical (unpaired) electrons. The standard InChI is InChI=1S/C92H129FN20O19/c1-9-11-25-70-83(124)102-63(39-51(3)4)80(121)100-61(78(97)119)24-19-29-76(116)99-66(41-53-30-32-56(93)33-31-53)88(129)112-38-18-17-35-92(112)91(132)113(92)74(45-75(96)115)90(131)110-37-20-28-71(110)84(125)106-68(46-95)82(123)104-65(40-52(5)6)87(128)111-49-57(114)44-73(111)85(126)103-64(42-54-47-98-60-23-15-13-21-58(54)60)81(122)101-62(34-36-94)79(120)105-67(86(127)108(8)72(26-12-10-2)89(130)107(70)7)43-55-48-109(50-77(117)118)69-27-16-14-22-59(55)69/h13-16,21-23,27,30-33,47-48,51-52,57,61-68,70-74,98,114H,9-12,17-20,24-26,28-29,34-46,49-50,94-95H2,1-8H3,(H2,96,115)(H2,97,119)(H,99,116)(H,100,121)(H,101,122)(H,102,124)(H,103,126)(H,104,123)(H,105,120)(H,106,125)(H,117,118)/t57-,61+,62+,63+,64+,65+,66+,67+,68+,70+,71+,72+,73+,74+,92-,113?/m1/s1. The van der Waals surface area contributed by atoms with Crippen molar-refractivity contribution >= 4 is 122 Å². The van der Waals surface area contributed by atoms with Gasteiger partial charge in [0.25, 0.3) is 5.91 Å². The van der Waals surface area contributed by atoms with Crippen molar-refractivity contribution in [3.05, 3.63) is 108 Å². The normalized spacial score (nSPS) is 26.5. The largest absolute Gasteiger partial charge is 0.480 e. The zero-order valence-corrected chi connectivity index (χ0v) is 76.3. The van der Waals surface area contributed by atoms with E-state index in [0.717, 1.165) is 31.7 Å². The van der Waals surface area contributed by atoms with Crippen molar-refractivity contribution in [2.75, 3.05) is 46.8 Å². The van der Waals surface area contributed by atoms with Gasteiger partial charge in [0.1, 0.15) is 90.9 Å². The number of nitrogens with one attached hydrogen (secondary N) is 9. The fourth-order valence-electron chi connectivity index (χ4n) is 18.6. The molecule has 1 spiro atoms. The molecular weight excluding hydrogens is 1710 g/mol. The molecule has 2 aromatic heterocycles. The van der Waals surface area contributed by atoms with E-state index in [1.807, 2.05) is 13.8 Å². The van der Waals surface area contributed by atoms with Gasteiger partial charge < -0.3 is 110 Å². The molecule has 39 nitrogen and oxygen atoms in total. The van der Waals surface area contributed by atoms with Gasteiger partial charge in [-0.25, -0.2) is 4.39 Å². The first-order chi connectivity index (χ1) is 62.8. The molecule has 0 aliphatic carbocycles. The highest BCUT2D eigenvalue weighted by atomic mass is 19.1. The number of fused-ring (bicyclic) bond motifs is 4. The Bertz CT molecular complexity index is 5060. The Morgan fingerprint density at radius 2 is 1.13 bits per heavy atom. The van der Waals surface area contributed by atoms with Crippen LogP contribution >= 0.6 is 0 Å². The second-order valence-corrected chi connectivity index (χ2v) is 36.1. The number of aliphatic hydroxyl groups is 1. The molecule has 19 N–H and O–H groups in total. The third-order valence-corrected chi connectivity index (χ3v) is 25.5. The lowest BCUT2D eigenvalue weighted by Crippen LogP contribution is -2.61. The van der Waals surface area contributed by atoms with Gasteiger partial charge in [0, 0.05) is 107 Å². The van der Waals surface area contributed by atoms with Crippen LogP contribution in [0.2, 0.25) is 0 Å². The number of carboxylic acids is 1. The number of likely N-dealkylation sites (N-methyl/N-ethyl adjacent to an activating group) is 2. The predicted molar refractivity (Wildman–Crippen MR) is 481 cm³/mol. The molecule has 5 fully saturated rings. The second kappa shape index (κ2) is 46.1. The summed E-state index contributed by atoms with van der Waals surface area (Å²) < 4.78 is 16.0. The number of rotatable bonds is 24. The van der Waals surface area contributed by atoms with E-state index in [1.165, 1.54) is 46.8 Å². The Morgan fingerprint density at radius 3 is 1.79 bits per heavy atom. The first kappa shape index (κ1) is 102. The third kappa shape index (κ3) is 24.8. The van der Waals surface area contributed by atoms with E-state index in [-0.39, 0.29) is 121 Å². The van der Waals surface area contributed by atoms with Crippen LogP contribution in [0.3, 0.4) is 0 Å². The molecular formula is C92H129FN20O19. The lowest BCUT2D eigenvalue weighted by Gasteiger charge is -2.39. The number of carboxylic acid groups (broad SMARTS) is 1. The number of primary amides is 2. The van der Waals surface area contributed by atoms with Gasteiger partial charge in [0.05, 0.1) is 12.5 Å². The van der Waals surface area contributed by atoms with Gasteiger partial charge in [-0.2, -0.15) is 0 Å². The van der Waals surface area contributed by atoms with E-state index < -0.39 is 229 Å². The van der Waals surface area contributed by atoms with Crippen molar-refractivity contribution in [1.29, 1.82) is 0 Å². The van der Waals surface area contributed by atoms with Crippen molar-refractivity contribution in [2.45, 2.75) is 280 Å². The third-order valence-electron chi connectivity index (χ3n) is 25.5. The Balaban J connectivity index is 1.02. The van der Waals surface area contributed by atoms with Crippen molar-refractivity contribution < 1.29 is 96.1 Å². The number of carbonyl (C=O) groups excluding carboxylic acids is 16. The van der Waals surface area contributed by atoms with Crippen LogP contribution < -0.4 is 65.5 Å². The number of nitrogens with zero attached hydrogens (tertiary/aromatic N) is 7. The summed E-state index contributed by atoms with van der Waals surface area (Å²) in [5, 5.41) is 44.6. The quantitative estimate of drug-likeness (QED) is 0.0364. The Hall–Kier alpha value is -12.5. The first-order valence-electron chi connectivity index (χ1n) is 45.8. The zero-order chi connectivity index (χ0) is 96.3. The maximum absolute atomic E-state index is 15.9. The lowest BCUT2D eigenvalue weighted by atomic mass is 9.97. The molecule has 718 valence electrons. The summed E-state index contributed by atoms with van der Waals surface area (Å²) in [5.74, 6) is -16.7. The summed E-state index contributed by atoms with van der Waals surface area (Å²) in [5.41, 5.74) is 24.8. The lowest BCUT2D eigenvalue weighted by molar-refractivity contribution is -0.149. The molecule has 5 aliphatic heterocycles. The van der Waals surface area contributed by atoms with Crippen LogP contribution in [0.25, 0.3) is 21.8 Å². The number of halogens is 1. The Morgan fingerprint density at radius 1 is 0.545 bits per heavy atom. The molecule has 7 heterocycles. The Kier molecular flexibility index (Phi) is 35.5. The highest BCUT2D eigenvalue weighted by Crippen LogP contribution is 2.48. The van der Waals surface area contributed by atoms with Gasteiger partial charge in [-0.1, -0.05) is 116 Å². The van der Waals surface area contributed by atoms with E-state index in [0.29, 0.717) is 77.0 Å². The van der Waals surface area contributed by atoms with Gasteiger partial charge >= 0.3 is 5.97 Å². The molecule has 16 amide bonds. The molecule has 5 aromatic rings. The SMILES string of the molecule is CCCC[C@H]1C(=O)N(C)[C@@H](CCCC)C(=O)N[C@@H](CC(C)C)C(=O)N[C@H](C(N)=O)CCCC(=O)N[C@@H](Cc2ccc(F)cc2)C(=O)N2CCCC[C@@]23C(=O)N3[C@@H](CC(N)=O)C(=O)N2CCC[C@H]2C(=O)N[C@@H](CN)C(=O)N[C@@H](CC(C)C)C(=O)N2C[C@H](O)C[C@H]2C(=O)N[C@@H](Cc2c[nH]c3ccccc23)C(=O)N[C@@H](CCN)C(=O)N[C@@H](Cc2cn(CC(=O)O)c3ccccc23)C(=O)N1C. The highest BCUT2D eigenvalue weighted by Gasteiger charge is 2.72. The number of benzene rings is 3. The van der Waals surface area contributed by atoms with Gasteiger partial charge in [0.15, 0.2) is 5.66 Å². The number of hydrogen-bond donors (Lipinski definition) is 15. The number of carbonyl (C=O) groups is 17. The number of piperidine rings is 1. The number of nitrogens with two attached hydrogens (primary N) is 4. The topological polar surface area (TPSA) is 571 Å². The fourth-order valence-corrected chi connectivity index (χ4v) is 18.6. The van der Waals surface area contributed by atoms with Crippen molar-refractivity contribution in [2.24, 2.45) is 34.8 Å². The van der Waals surface area contributed by atoms with Crippen LogP contribution in [0.5, 0.6) is 0 Å². The molecule has 0 unspecified atom stereocenters. The smallest absolute Gasteiger partial charge is 0.323 e. The van der Waals surface area contributed by atoms with Crippen LogP contribution in [0, 0.1) is 17.7 Å². The summed E-state index contributed by atoms with van der Waals surface area (Å²) in [6, 6.07) is -0.740. The second-order valence-electron chi connectivity index (χ2n) is 36.1. The average molecular weight is 1840 g/mol. The molecule has 5 aliphatic rings. The van der Waals surface area contributed by atoms with E-state index in [1.54, 1.807) is 82.4 Å². The monoisotopic (exact) mass is 1840 g/mol. The first-order valence-corrected chi connectivity index (χ1v) is 45.8. The molecule has 15 atom stereocenters. The number of aliphatic hydroxyl groups excluding tert-OH is 1. The highest BCUT2D eigenvalue weighted by molar-refractivity contribution is 6.10. The van der Waals surface area contributed by atoms with Crippen molar-refractivity contribution in [3.63, 3.8) is 0 Å². The molecule has 0 saturated carbocycles. The average Bonchev–Trinajstić information content (AvgIpc) is 1.52. The van der Waals surface area contributed by atoms with Crippen LogP contribution in [-0.2, 0) is 107 Å². The van der Waals surface area contributed by atoms with E-state index in [9.17, 15) is 53.0 Å². The van der Waals surface area contributed by atoms with Gasteiger partial charge in [-0.05, 0) is 136 Å². The van der Waals surface area contributed by atoms with E-state index in [4.69, 9.17) is 22.9 Å². The molecule has 5 saturated heterocycles. The number of para-hydroxylation sites is 2. The minimum Gasteiger partial charge on any atom is -0.480 e. The van der Waals surface area contributed by atoms with Crippen LogP contribution in [0.1, 0.15) is 180 Å². The molecule has 132 heavy (non-hydrogen) atoms. The summed E-state index contributed by atoms with van der Waals surface area (Å²) in [6.45, 7) is 8.72. The van der Waals surface area contributed by atoms with E-state index >= 15 is 43.2 Å². The summed E-state index contributed by atoms with van der Waals surface area (Å²) in [7, 11) is 2.74. The summed E-state index contributed by atoms with van der Waals surface area (Å²) in [6.07, 6.45) is 1.02. The molecule has 0 bridgehead atoms. The predicted octanol–water partition coefficient (Wildman–Crippen LogP) is 0.104. The maximum atomic E-state index is 15.9. The molecule has 10 rings (SSSR count). The number of hydrogen-bond acceptors (Lipinski definition) is 20. The van der Waals surface area contributed by atoms with Crippen LogP contribution in [-0.4, -0.2) is 287 Å². The zero-order valence-electron chi connectivity index (χ0n) is 76.3. The number of aliphatic carboxylic acids is 1. The van der Waals surface area contributed by atoms with Gasteiger partial charge in [0.2, 0.25) is 88.6 Å². The van der Waals surface area contributed by atoms with Crippen LogP contribution in [0.4, 0.5) is 4.39 Å². The van der Waals surface area contributed by atoms with Crippen LogP contribution in [0.15, 0.2) is 85.2 Å². The summed E-state index contributed by atoms with van der Waals surface area (Å²) in [4.78, 5) is 261. The number of amides is 16. The minimum atomic E-state index is -1.90. The maximum Gasteiger partial charge on any atom is 0.323 e. The van der Waals surface area contributed by atoms with E-state index in [2.05, 4.69) is 47.5 Å². The summed E-state index contributed by atoms with van der Waals surface area (Å²) >= 11 is 0. The number of aromatic nitrogens is 2. The van der Waals surface area contributed by atoms with Crippen molar-refractivity contribution in [3.8, 4) is 0 Å². The Labute approximate surface area is 765 Å². The number of aromatic amines is 1. The molecule has 3 aromatic carbocycles. The van der Waals surface area contributed by atoms with Gasteiger partial charge in [-0.15, -0.1) is 0 Å². The molecule has 40 heteroatoms. The number of unbranched alkanes of at least 4 members (excludes halogenated alkanes) is 2. The minimum absolute atomic E-state index is 0.00307. The van der Waals surface area contributed by atoms with Gasteiger partial charge in [-0.3, -0.25) is 86.4 Å². The number of H-pyrrole nitrogens is 1.